The van der Waals surface area contributed by atoms with Crippen LogP contribution in [0.4, 0.5) is 0 Å². The third kappa shape index (κ3) is 4.56. The molecule has 1 heterocycles. The van der Waals surface area contributed by atoms with Crippen LogP contribution in [-0.2, 0) is 5.41 Å². The lowest BCUT2D eigenvalue weighted by Gasteiger charge is -2.23. The number of benzene rings is 8. The van der Waals surface area contributed by atoms with E-state index in [1.807, 2.05) is 0 Å². The number of allylic oxidation sites excluding steroid dienone is 4. The average Bonchev–Trinajstić information content (AvgIpc) is 3.71. The fraction of sp³-hybridized carbons (Fsp3) is 0.0962. The molecular formula is C52H38N2. The molecule has 11 rings (SSSR count). The molecule has 0 spiro atoms. The van der Waals surface area contributed by atoms with Crippen molar-refractivity contribution in [3.8, 4) is 33.6 Å². The molecule has 0 N–H and O–H groups in total. The smallest absolute Gasteiger partial charge is 0.145 e. The first-order valence-electron chi connectivity index (χ1n) is 19.1. The fourth-order valence-electron chi connectivity index (χ4n) is 9.50. The van der Waals surface area contributed by atoms with Crippen molar-refractivity contribution in [1.29, 1.82) is 0 Å². The van der Waals surface area contributed by atoms with E-state index in [4.69, 9.17) is 4.98 Å². The summed E-state index contributed by atoms with van der Waals surface area (Å²) in [6.45, 7) is 4.75. The highest BCUT2D eigenvalue weighted by Crippen LogP contribution is 2.52. The molecule has 2 nitrogen and oxygen atoms in total. The molecule has 0 unspecified atom stereocenters. The Balaban J connectivity index is 1.09. The molecule has 2 aliphatic rings. The zero-order chi connectivity index (χ0) is 36.0. The highest BCUT2D eigenvalue weighted by molar-refractivity contribution is 6.19. The molecule has 0 radical (unpaired) electrons. The van der Waals surface area contributed by atoms with Crippen molar-refractivity contribution in [2.75, 3.05) is 0 Å². The number of para-hydroxylation sites is 2. The van der Waals surface area contributed by atoms with Crippen LogP contribution >= 0.6 is 0 Å². The van der Waals surface area contributed by atoms with Gasteiger partial charge in [-0.1, -0.05) is 147 Å². The third-order valence-corrected chi connectivity index (χ3v) is 12.1. The fourth-order valence-corrected chi connectivity index (χ4v) is 9.50. The standard InChI is InChI=1S/C52H38N2/c1-52(2)45-29-26-37(31-43(45)44-30-35-16-6-7-17-36(35)32-46(44)52)50-41-20-10-8-18-39(41)49(40-19-9-11-21-42(40)50)33-24-27-38(28-25-33)54-48-23-13-12-22-47(48)53-51(54)34-14-4-3-5-15-34/h3-24,26-27,29-32H,25,28H2,1-2H3. The number of rotatable bonds is 4. The zero-order valence-corrected chi connectivity index (χ0v) is 30.5. The van der Waals surface area contributed by atoms with Gasteiger partial charge in [0.2, 0.25) is 0 Å². The van der Waals surface area contributed by atoms with Gasteiger partial charge in [-0.3, -0.25) is 4.57 Å². The highest BCUT2D eigenvalue weighted by atomic mass is 15.1. The molecular weight excluding hydrogens is 653 g/mol. The molecule has 8 aromatic carbocycles. The van der Waals surface area contributed by atoms with E-state index in [2.05, 4.69) is 188 Å². The van der Waals surface area contributed by atoms with Gasteiger partial charge in [0.1, 0.15) is 5.82 Å². The minimum atomic E-state index is -0.0636. The number of hydrogen-bond donors (Lipinski definition) is 0. The number of hydrogen-bond acceptors (Lipinski definition) is 1. The quantitative estimate of drug-likeness (QED) is 0.168. The van der Waals surface area contributed by atoms with Crippen LogP contribution in [0.25, 0.3) is 88.3 Å². The van der Waals surface area contributed by atoms with Crippen LogP contribution in [0.2, 0.25) is 0 Å². The Morgan fingerprint density at radius 1 is 0.500 bits per heavy atom. The summed E-state index contributed by atoms with van der Waals surface area (Å²) in [6.07, 6.45) is 6.57. The minimum absolute atomic E-state index is 0.0636. The van der Waals surface area contributed by atoms with Crippen LogP contribution in [-0.4, -0.2) is 9.55 Å². The first-order valence-corrected chi connectivity index (χ1v) is 19.1. The second-order valence-corrected chi connectivity index (χ2v) is 15.4. The van der Waals surface area contributed by atoms with Gasteiger partial charge in [-0.05, 0) is 126 Å². The molecule has 1 aromatic heterocycles. The predicted molar refractivity (Wildman–Crippen MR) is 229 cm³/mol. The van der Waals surface area contributed by atoms with Gasteiger partial charge in [-0.25, -0.2) is 4.98 Å². The Labute approximate surface area is 315 Å². The van der Waals surface area contributed by atoms with Gasteiger partial charge < -0.3 is 0 Å². The Morgan fingerprint density at radius 3 is 1.81 bits per heavy atom. The summed E-state index contributed by atoms with van der Waals surface area (Å²) in [4.78, 5) is 5.11. The van der Waals surface area contributed by atoms with Crippen LogP contribution in [0, 0.1) is 0 Å². The molecule has 9 aromatic rings. The van der Waals surface area contributed by atoms with Crippen LogP contribution in [0.15, 0.2) is 170 Å². The lowest BCUT2D eigenvalue weighted by molar-refractivity contribution is 0.661. The first-order chi connectivity index (χ1) is 26.5. The van der Waals surface area contributed by atoms with Gasteiger partial charge >= 0.3 is 0 Å². The summed E-state index contributed by atoms with van der Waals surface area (Å²) in [5.74, 6) is 0.994. The van der Waals surface area contributed by atoms with E-state index in [1.165, 1.54) is 82.5 Å². The molecule has 2 heteroatoms. The summed E-state index contributed by atoms with van der Waals surface area (Å²) in [6, 6.07) is 58.0. The molecule has 2 aliphatic carbocycles. The van der Waals surface area contributed by atoms with Crippen LogP contribution in [0.5, 0.6) is 0 Å². The van der Waals surface area contributed by atoms with E-state index in [9.17, 15) is 0 Å². The summed E-state index contributed by atoms with van der Waals surface area (Å²) in [7, 11) is 0. The van der Waals surface area contributed by atoms with Crippen molar-refractivity contribution in [3.63, 3.8) is 0 Å². The van der Waals surface area contributed by atoms with E-state index < -0.39 is 0 Å². The summed E-state index contributed by atoms with van der Waals surface area (Å²) in [5, 5.41) is 7.80. The minimum Gasteiger partial charge on any atom is -0.296 e. The first kappa shape index (κ1) is 31.1. The summed E-state index contributed by atoms with van der Waals surface area (Å²) >= 11 is 0. The second kappa shape index (κ2) is 11.7. The molecule has 0 saturated carbocycles. The van der Waals surface area contributed by atoms with Crippen LogP contribution < -0.4 is 0 Å². The van der Waals surface area contributed by atoms with Crippen molar-refractivity contribution in [2.45, 2.75) is 32.1 Å². The number of aromatic nitrogens is 2. The maximum atomic E-state index is 5.11. The Hall–Kier alpha value is -6.51. The van der Waals surface area contributed by atoms with Gasteiger partial charge in [-0.2, -0.15) is 0 Å². The average molecular weight is 691 g/mol. The Bertz CT molecular complexity index is 3010. The maximum Gasteiger partial charge on any atom is 0.145 e. The Morgan fingerprint density at radius 2 is 1.11 bits per heavy atom. The van der Waals surface area contributed by atoms with E-state index in [0.717, 1.165) is 35.3 Å². The largest absolute Gasteiger partial charge is 0.296 e. The molecule has 256 valence electrons. The SMILES string of the molecule is CC1(C)c2ccc(-c3c4ccccc4c(C4=CC=C(n5c(-c6ccccc6)nc6ccccc65)CC4)c4ccccc34)cc2-c2cc3ccccc3cc21. The van der Waals surface area contributed by atoms with Gasteiger partial charge in [0.15, 0.2) is 0 Å². The van der Waals surface area contributed by atoms with Crippen molar-refractivity contribution in [3.05, 3.63) is 187 Å². The van der Waals surface area contributed by atoms with Crippen LogP contribution in [0.1, 0.15) is 43.4 Å². The Kier molecular flexibility index (Phi) is 6.76. The van der Waals surface area contributed by atoms with Crippen molar-refractivity contribution in [2.24, 2.45) is 0 Å². The summed E-state index contributed by atoms with van der Waals surface area (Å²) < 4.78 is 2.37. The molecule has 0 fully saturated rings. The van der Waals surface area contributed by atoms with E-state index in [-0.39, 0.29) is 5.41 Å². The zero-order valence-electron chi connectivity index (χ0n) is 30.5. The van der Waals surface area contributed by atoms with Crippen molar-refractivity contribution < 1.29 is 0 Å². The van der Waals surface area contributed by atoms with Crippen LogP contribution in [0.3, 0.4) is 0 Å². The van der Waals surface area contributed by atoms with Gasteiger partial charge in [0.05, 0.1) is 11.0 Å². The van der Waals surface area contributed by atoms with E-state index >= 15 is 0 Å². The highest BCUT2D eigenvalue weighted by Gasteiger charge is 2.36. The normalized spacial score (nSPS) is 14.7. The summed E-state index contributed by atoms with van der Waals surface area (Å²) in [5.41, 5.74) is 15.3. The molecule has 0 aliphatic heterocycles. The lowest BCUT2D eigenvalue weighted by atomic mass is 9.81. The topological polar surface area (TPSA) is 17.8 Å². The lowest BCUT2D eigenvalue weighted by Crippen LogP contribution is -2.14. The predicted octanol–water partition coefficient (Wildman–Crippen LogP) is 13.9. The number of nitrogens with zero attached hydrogens (tertiary/aromatic N) is 2. The molecule has 0 amide bonds. The molecule has 0 atom stereocenters. The van der Waals surface area contributed by atoms with Crippen molar-refractivity contribution >= 4 is 54.6 Å². The van der Waals surface area contributed by atoms with Crippen molar-refractivity contribution in [1.82, 2.24) is 9.55 Å². The number of fused-ring (bicyclic) bond motifs is 7. The monoisotopic (exact) mass is 690 g/mol. The number of imidazole rings is 1. The van der Waals surface area contributed by atoms with Gasteiger partial charge in [-0.15, -0.1) is 0 Å². The maximum absolute atomic E-state index is 5.11. The molecule has 0 bridgehead atoms. The van der Waals surface area contributed by atoms with E-state index in [0.29, 0.717) is 0 Å². The molecule has 0 saturated heterocycles. The molecule has 54 heavy (non-hydrogen) atoms. The van der Waals surface area contributed by atoms with E-state index in [1.54, 1.807) is 0 Å². The van der Waals surface area contributed by atoms with Gasteiger partial charge in [0.25, 0.3) is 0 Å². The second-order valence-electron chi connectivity index (χ2n) is 15.4. The third-order valence-electron chi connectivity index (χ3n) is 12.1. The van der Waals surface area contributed by atoms with Gasteiger partial charge in [0, 0.05) is 16.7 Å².